The molecule has 7 heteroatoms. The summed E-state index contributed by atoms with van der Waals surface area (Å²) in [6.45, 7) is 3.90. The number of aryl methyl sites for hydroxylation is 1. The van der Waals surface area contributed by atoms with Gasteiger partial charge in [0, 0.05) is 18.5 Å². The van der Waals surface area contributed by atoms with Gasteiger partial charge in [0.15, 0.2) is 5.69 Å². The van der Waals surface area contributed by atoms with Crippen LogP contribution in [0.4, 0.5) is 0 Å². The molecule has 0 aliphatic carbocycles. The largest absolute Gasteiger partial charge is 0.461 e. The number of ether oxygens (including phenoxy) is 1. The van der Waals surface area contributed by atoms with Crippen molar-refractivity contribution in [2.75, 3.05) is 6.61 Å². The van der Waals surface area contributed by atoms with Crippen molar-refractivity contribution >= 4 is 5.97 Å². The third-order valence-corrected chi connectivity index (χ3v) is 3.13. The zero-order valence-electron chi connectivity index (χ0n) is 12.8. The number of carbonyl (C=O) groups is 1. The molecule has 3 heterocycles. The van der Waals surface area contributed by atoms with Gasteiger partial charge in [-0.25, -0.2) is 9.48 Å². The van der Waals surface area contributed by atoms with Gasteiger partial charge in [0.1, 0.15) is 5.69 Å². The minimum atomic E-state index is -0.475. The molecule has 0 saturated heterocycles. The van der Waals surface area contributed by atoms with E-state index in [1.807, 2.05) is 13.0 Å². The molecule has 7 nitrogen and oxygen atoms in total. The van der Waals surface area contributed by atoms with Gasteiger partial charge in [-0.05, 0) is 26.0 Å². The maximum Gasteiger partial charge on any atom is 0.358 e. The van der Waals surface area contributed by atoms with E-state index < -0.39 is 5.97 Å². The monoisotopic (exact) mass is 309 g/mol. The van der Waals surface area contributed by atoms with E-state index in [1.165, 1.54) is 0 Å². The quantitative estimate of drug-likeness (QED) is 0.687. The van der Waals surface area contributed by atoms with Gasteiger partial charge in [0.25, 0.3) is 0 Å². The van der Waals surface area contributed by atoms with Crippen molar-refractivity contribution in [1.82, 2.24) is 24.7 Å². The topological polar surface area (TPSA) is 82.8 Å². The lowest BCUT2D eigenvalue weighted by atomic mass is 10.2. The Hall–Kier alpha value is -3.09. The van der Waals surface area contributed by atoms with Gasteiger partial charge in [-0.15, -0.1) is 0 Å². The second-order valence-corrected chi connectivity index (χ2v) is 4.80. The van der Waals surface area contributed by atoms with Crippen LogP contribution in [0, 0.1) is 6.92 Å². The van der Waals surface area contributed by atoms with Gasteiger partial charge in [-0.3, -0.25) is 15.0 Å². The van der Waals surface area contributed by atoms with Crippen molar-refractivity contribution < 1.29 is 9.53 Å². The second-order valence-electron chi connectivity index (χ2n) is 4.80. The van der Waals surface area contributed by atoms with Crippen LogP contribution >= 0.6 is 0 Å². The van der Waals surface area contributed by atoms with E-state index in [0.29, 0.717) is 11.4 Å². The highest BCUT2D eigenvalue weighted by Gasteiger charge is 2.18. The first-order valence-electron chi connectivity index (χ1n) is 7.15. The highest BCUT2D eigenvalue weighted by Crippen LogP contribution is 2.22. The molecule has 0 amide bonds. The summed E-state index contributed by atoms with van der Waals surface area (Å²) >= 11 is 0. The number of nitrogens with zero attached hydrogens (tertiary/aromatic N) is 5. The summed E-state index contributed by atoms with van der Waals surface area (Å²) in [5.74, 6) is -0.475. The van der Waals surface area contributed by atoms with Gasteiger partial charge < -0.3 is 4.74 Å². The summed E-state index contributed by atoms with van der Waals surface area (Å²) < 4.78 is 6.63. The van der Waals surface area contributed by atoms with E-state index in [2.05, 4.69) is 20.1 Å². The minimum absolute atomic E-state index is 0.216. The van der Waals surface area contributed by atoms with E-state index >= 15 is 0 Å². The van der Waals surface area contributed by atoms with Gasteiger partial charge >= 0.3 is 5.97 Å². The molecule has 0 aromatic carbocycles. The van der Waals surface area contributed by atoms with Crippen LogP contribution in [-0.4, -0.2) is 37.3 Å². The first kappa shape index (κ1) is 14.8. The highest BCUT2D eigenvalue weighted by atomic mass is 16.5. The molecule has 0 saturated carbocycles. The number of esters is 1. The van der Waals surface area contributed by atoms with Crippen LogP contribution in [0.25, 0.3) is 17.1 Å². The Morgan fingerprint density at radius 1 is 1.26 bits per heavy atom. The van der Waals surface area contributed by atoms with Crippen molar-refractivity contribution in [3.8, 4) is 17.1 Å². The van der Waals surface area contributed by atoms with Gasteiger partial charge in [-0.1, -0.05) is 0 Å². The maximum absolute atomic E-state index is 12.0. The Labute approximate surface area is 133 Å². The van der Waals surface area contributed by atoms with E-state index in [9.17, 15) is 4.79 Å². The Kier molecular flexibility index (Phi) is 4.09. The van der Waals surface area contributed by atoms with Crippen molar-refractivity contribution in [2.45, 2.75) is 13.8 Å². The third kappa shape index (κ3) is 3.08. The van der Waals surface area contributed by atoms with Gasteiger partial charge in [0.2, 0.25) is 0 Å². The van der Waals surface area contributed by atoms with E-state index in [1.54, 1.807) is 48.5 Å². The SMILES string of the molecule is CCOC(=O)c1cc(-c2cnc(C)cn2)n(-c2cccnc2)n1. The van der Waals surface area contributed by atoms with Crippen LogP contribution in [0.5, 0.6) is 0 Å². The van der Waals surface area contributed by atoms with Crippen molar-refractivity contribution in [3.05, 3.63) is 54.4 Å². The summed E-state index contributed by atoms with van der Waals surface area (Å²) in [6, 6.07) is 5.29. The van der Waals surface area contributed by atoms with Crippen LogP contribution in [0.15, 0.2) is 43.0 Å². The fourth-order valence-corrected chi connectivity index (χ4v) is 2.07. The Morgan fingerprint density at radius 3 is 2.78 bits per heavy atom. The standard InChI is InChI=1S/C16H15N5O2/c1-3-23-16(22)13-7-15(14-10-18-11(2)8-19-14)21(20-13)12-5-4-6-17-9-12/h4-10H,3H2,1-2H3. The molecule has 0 N–H and O–H groups in total. The Morgan fingerprint density at radius 2 is 2.13 bits per heavy atom. The molecule has 0 aliphatic heterocycles. The normalized spacial score (nSPS) is 10.5. The minimum Gasteiger partial charge on any atom is -0.461 e. The van der Waals surface area contributed by atoms with Crippen LogP contribution in [-0.2, 0) is 4.74 Å². The summed E-state index contributed by atoms with van der Waals surface area (Å²) in [6.07, 6.45) is 6.64. The number of hydrogen-bond donors (Lipinski definition) is 0. The average molecular weight is 309 g/mol. The summed E-state index contributed by atoms with van der Waals surface area (Å²) in [5, 5.41) is 4.33. The molecular formula is C16H15N5O2. The number of rotatable bonds is 4. The van der Waals surface area contributed by atoms with E-state index in [4.69, 9.17) is 4.74 Å². The van der Waals surface area contributed by atoms with E-state index in [-0.39, 0.29) is 12.3 Å². The Balaban J connectivity index is 2.12. The third-order valence-electron chi connectivity index (χ3n) is 3.13. The zero-order chi connectivity index (χ0) is 16.2. The molecule has 0 unspecified atom stereocenters. The molecule has 0 fully saturated rings. The molecule has 3 rings (SSSR count). The molecule has 3 aromatic rings. The van der Waals surface area contributed by atoms with Crippen molar-refractivity contribution in [3.63, 3.8) is 0 Å². The number of pyridine rings is 1. The number of aromatic nitrogens is 5. The summed E-state index contributed by atoms with van der Waals surface area (Å²) in [4.78, 5) is 24.7. The highest BCUT2D eigenvalue weighted by molar-refractivity contribution is 5.88. The number of carbonyl (C=O) groups excluding carboxylic acids is 1. The predicted octanol–water partition coefficient (Wildman–Crippen LogP) is 2.21. The van der Waals surface area contributed by atoms with Crippen LogP contribution in [0.2, 0.25) is 0 Å². The first-order chi connectivity index (χ1) is 11.2. The second kappa shape index (κ2) is 6.35. The first-order valence-corrected chi connectivity index (χ1v) is 7.15. The summed E-state index contributed by atoms with van der Waals surface area (Å²) in [7, 11) is 0. The average Bonchev–Trinajstić information content (AvgIpc) is 3.02. The lowest BCUT2D eigenvalue weighted by molar-refractivity contribution is 0.0519. The molecule has 0 aliphatic rings. The fourth-order valence-electron chi connectivity index (χ4n) is 2.07. The zero-order valence-corrected chi connectivity index (χ0v) is 12.8. The number of hydrogen-bond acceptors (Lipinski definition) is 6. The molecule has 0 radical (unpaired) electrons. The Bertz CT molecular complexity index is 812. The lowest BCUT2D eigenvalue weighted by Gasteiger charge is -2.06. The molecule has 0 atom stereocenters. The fraction of sp³-hybridized carbons (Fsp3) is 0.188. The predicted molar refractivity (Wildman–Crippen MR) is 83.1 cm³/mol. The molecule has 3 aromatic heterocycles. The summed E-state index contributed by atoms with van der Waals surface area (Å²) in [5.41, 5.74) is 3.01. The van der Waals surface area contributed by atoms with Gasteiger partial charge in [0.05, 0.1) is 36.1 Å². The molecule has 23 heavy (non-hydrogen) atoms. The maximum atomic E-state index is 12.0. The lowest BCUT2D eigenvalue weighted by Crippen LogP contribution is -2.07. The van der Waals surface area contributed by atoms with Crippen LogP contribution in [0.3, 0.4) is 0 Å². The molecular weight excluding hydrogens is 294 g/mol. The molecule has 0 spiro atoms. The smallest absolute Gasteiger partial charge is 0.358 e. The molecule has 116 valence electrons. The van der Waals surface area contributed by atoms with E-state index in [0.717, 1.165) is 11.4 Å². The van der Waals surface area contributed by atoms with Crippen molar-refractivity contribution in [1.29, 1.82) is 0 Å². The van der Waals surface area contributed by atoms with Crippen LogP contribution < -0.4 is 0 Å². The van der Waals surface area contributed by atoms with Crippen LogP contribution in [0.1, 0.15) is 23.1 Å². The van der Waals surface area contributed by atoms with Gasteiger partial charge in [-0.2, -0.15) is 5.10 Å². The van der Waals surface area contributed by atoms with Crippen molar-refractivity contribution in [2.24, 2.45) is 0 Å². The molecule has 0 bridgehead atoms.